The molecule has 1 heterocycles. The number of pyridine rings is 1. The smallest absolute Gasteiger partial charge is 0.0708 e. The van der Waals surface area contributed by atoms with Crippen molar-refractivity contribution in [3.05, 3.63) is 41.6 Å². The number of nitrogens with zero attached hydrogens (tertiary/aromatic N) is 1. The van der Waals surface area contributed by atoms with Crippen LogP contribution < -0.4 is 5.32 Å². The average Bonchev–Trinajstić information content (AvgIpc) is 2.38. The van der Waals surface area contributed by atoms with Crippen LogP contribution in [0.25, 0.3) is 10.9 Å². The van der Waals surface area contributed by atoms with Gasteiger partial charge in [-0.3, -0.25) is 4.98 Å². The summed E-state index contributed by atoms with van der Waals surface area (Å²) in [6, 6.07) is 10.3. The average molecular weight is 244 g/mol. The third kappa shape index (κ3) is 3.06. The van der Waals surface area contributed by atoms with Crippen LogP contribution in [0.4, 0.5) is 0 Å². The van der Waals surface area contributed by atoms with Gasteiger partial charge in [0, 0.05) is 30.8 Å². The van der Waals surface area contributed by atoms with E-state index in [4.69, 9.17) is 5.11 Å². The Morgan fingerprint density at radius 3 is 2.89 bits per heavy atom. The van der Waals surface area contributed by atoms with Crippen molar-refractivity contribution in [2.24, 2.45) is 5.92 Å². The zero-order chi connectivity index (χ0) is 13.0. The molecular weight excluding hydrogens is 224 g/mol. The van der Waals surface area contributed by atoms with Gasteiger partial charge in [-0.15, -0.1) is 0 Å². The normalized spacial score (nSPS) is 12.8. The van der Waals surface area contributed by atoms with Gasteiger partial charge in [-0.1, -0.05) is 25.1 Å². The highest BCUT2D eigenvalue weighted by molar-refractivity contribution is 5.82. The molecule has 2 N–H and O–H groups in total. The van der Waals surface area contributed by atoms with E-state index < -0.39 is 0 Å². The van der Waals surface area contributed by atoms with Crippen LogP contribution in [0.5, 0.6) is 0 Å². The third-order valence-corrected chi connectivity index (χ3v) is 3.05. The number of rotatable bonds is 5. The molecule has 2 rings (SSSR count). The standard InChI is InChI=1S/C15H20N2O/c1-11(10-18)8-16-9-13-7-12(2)17-15-6-4-3-5-14(13)15/h3-7,11,16,18H,8-10H2,1-2H3. The third-order valence-electron chi connectivity index (χ3n) is 3.05. The molecule has 3 nitrogen and oxygen atoms in total. The highest BCUT2D eigenvalue weighted by Crippen LogP contribution is 2.17. The molecule has 2 aromatic rings. The first-order valence-corrected chi connectivity index (χ1v) is 6.37. The molecule has 0 aliphatic heterocycles. The van der Waals surface area contributed by atoms with Crippen LogP contribution >= 0.6 is 0 Å². The number of hydrogen-bond acceptors (Lipinski definition) is 3. The van der Waals surface area contributed by atoms with Gasteiger partial charge < -0.3 is 10.4 Å². The number of aliphatic hydroxyl groups is 1. The van der Waals surface area contributed by atoms with E-state index in [0.717, 1.165) is 24.3 Å². The van der Waals surface area contributed by atoms with Crippen molar-refractivity contribution in [1.29, 1.82) is 0 Å². The molecule has 1 aromatic carbocycles. The first-order chi connectivity index (χ1) is 8.70. The second-order valence-electron chi connectivity index (χ2n) is 4.86. The Morgan fingerprint density at radius 2 is 2.11 bits per heavy atom. The minimum atomic E-state index is 0.225. The lowest BCUT2D eigenvalue weighted by atomic mass is 10.1. The lowest BCUT2D eigenvalue weighted by Crippen LogP contribution is -2.22. The molecule has 0 bridgehead atoms. The van der Waals surface area contributed by atoms with E-state index in [1.807, 2.05) is 32.0 Å². The number of hydrogen-bond donors (Lipinski definition) is 2. The molecule has 0 amide bonds. The van der Waals surface area contributed by atoms with E-state index in [1.54, 1.807) is 0 Å². The van der Waals surface area contributed by atoms with Gasteiger partial charge >= 0.3 is 0 Å². The Kier molecular flexibility index (Phi) is 4.28. The van der Waals surface area contributed by atoms with Gasteiger partial charge in [0.15, 0.2) is 0 Å². The van der Waals surface area contributed by atoms with Gasteiger partial charge in [0.2, 0.25) is 0 Å². The van der Waals surface area contributed by atoms with E-state index in [0.29, 0.717) is 5.92 Å². The molecule has 0 saturated carbocycles. The second-order valence-corrected chi connectivity index (χ2v) is 4.86. The largest absolute Gasteiger partial charge is 0.396 e. The Labute approximate surface area is 108 Å². The second kappa shape index (κ2) is 5.94. The quantitative estimate of drug-likeness (QED) is 0.848. The van der Waals surface area contributed by atoms with Crippen molar-refractivity contribution in [3.8, 4) is 0 Å². The summed E-state index contributed by atoms with van der Waals surface area (Å²) in [4.78, 5) is 4.53. The Hall–Kier alpha value is -1.45. The predicted molar refractivity (Wildman–Crippen MR) is 74.4 cm³/mol. The summed E-state index contributed by atoms with van der Waals surface area (Å²) in [5.41, 5.74) is 3.36. The predicted octanol–water partition coefficient (Wildman–Crippen LogP) is 2.26. The maximum Gasteiger partial charge on any atom is 0.0708 e. The molecule has 1 aromatic heterocycles. The van der Waals surface area contributed by atoms with Gasteiger partial charge in [0.1, 0.15) is 0 Å². The van der Waals surface area contributed by atoms with Crippen molar-refractivity contribution in [2.75, 3.05) is 13.2 Å². The first-order valence-electron chi connectivity index (χ1n) is 6.37. The minimum absolute atomic E-state index is 0.225. The summed E-state index contributed by atoms with van der Waals surface area (Å²) < 4.78 is 0. The van der Waals surface area contributed by atoms with Gasteiger partial charge in [0.05, 0.1) is 5.52 Å². The van der Waals surface area contributed by atoms with Crippen molar-refractivity contribution >= 4 is 10.9 Å². The number of aryl methyl sites for hydroxylation is 1. The van der Waals surface area contributed by atoms with E-state index in [9.17, 15) is 0 Å². The zero-order valence-corrected chi connectivity index (χ0v) is 11.0. The van der Waals surface area contributed by atoms with Crippen molar-refractivity contribution in [1.82, 2.24) is 10.3 Å². The summed E-state index contributed by atoms with van der Waals surface area (Å²) in [5, 5.41) is 13.6. The number of nitrogens with one attached hydrogen (secondary N) is 1. The van der Waals surface area contributed by atoms with Crippen molar-refractivity contribution < 1.29 is 5.11 Å². The van der Waals surface area contributed by atoms with Crippen LogP contribution in [0.1, 0.15) is 18.2 Å². The van der Waals surface area contributed by atoms with Crippen molar-refractivity contribution in [3.63, 3.8) is 0 Å². The molecule has 0 fully saturated rings. The topological polar surface area (TPSA) is 45.1 Å². The van der Waals surface area contributed by atoms with Gasteiger partial charge in [-0.2, -0.15) is 0 Å². The molecule has 1 unspecified atom stereocenters. The van der Waals surface area contributed by atoms with Crippen LogP contribution in [0.2, 0.25) is 0 Å². The molecular formula is C15H20N2O. The monoisotopic (exact) mass is 244 g/mol. The lowest BCUT2D eigenvalue weighted by molar-refractivity contribution is 0.233. The minimum Gasteiger partial charge on any atom is -0.396 e. The molecule has 3 heteroatoms. The molecule has 0 radical (unpaired) electrons. The highest BCUT2D eigenvalue weighted by Gasteiger charge is 2.04. The number of para-hydroxylation sites is 1. The van der Waals surface area contributed by atoms with E-state index in [2.05, 4.69) is 22.4 Å². The lowest BCUT2D eigenvalue weighted by Gasteiger charge is -2.11. The molecule has 18 heavy (non-hydrogen) atoms. The molecule has 0 saturated heterocycles. The Balaban J connectivity index is 2.17. The van der Waals surface area contributed by atoms with E-state index >= 15 is 0 Å². The summed E-state index contributed by atoms with van der Waals surface area (Å²) in [5.74, 6) is 0.291. The van der Waals surface area contributed by atoms with Gasteiger partial charge in [-0.05, 0) is 30.5 Å². The fraction of sp³-hybridized carbons (Fsp3) is 0.400. The van der Waals surface area contributed by atoms with E-state index in [1.165, 1.54) is 10.9 Å². The Bertz CT molecular complexity index is 525. The SMILES string of the molecule is Cc1cc(CNCC(C)CO)c2ccccc2n1. The number of benzene rings is 1. The van der Waals surface area contributed by atoms with Gasteiger partial charge in [-0.25, -0.2) is 0 Å². The summed E-state index contributed by atoms with van der Waals surface area (Å²) in [6.45, 7) is 5.92. The number of aromatic nitrogens is 1. The summed E-state index contributed by atoms with van der Waals surface area (Å²) in [7, 11) is 0. The fourth-order valence-electron chi connectivity index (χ4n) is 2.06. The van der Waals surface area contributed by atoms with Crippen LogP contribution in [-0.4, -0.2) is 23.2 Å². The molecule has 0 aliphatic rings. The molecule has 0 spiro atoms. The maximum absolute atomic E-state index is 9.00. The van der Waals surface area contributed by atoms with Crippen LogP contribution in [0, 0.1) is 12.8 Å². The molecule has 96 valence electrons. The van der Waals surface area contributed by atoms with Crippen molar-refractivity contribution in [2.45, 2.75) is 20.4 Å². The number of aliphatic hydroxyl groups excluding tert-OH is 1. The van der Waals surface area contributed by atoms with Gasteiger partial charge in [0.25, 0.3) is 0 Å². The highest BCUT2D eigenvalue weighted by atomic mass is 16.3. The van der Waals surface area contributed by atoms with Crippen LogP contribution in [0.15, 0.2) is 30.3 Å². The maximum atomic E-state index is 9.00. The summed E-state index contributed by atoms with van der Waals surface area (Å²) >= 11 is 0. The van der Waals surface area contributed by atoms with Crippen LogP contribution in [-0.2, 0) is 6.54 Å². The zero-order valence-electron chi connectivity index (χ0n) is 11.0. The number of fused-ring (bicyclic) bond motifs is 1. The first kappa shape index (κ1) is 13.0. The van der Waals surface area contributed by atoms with E-state index in [-0.39, 0.29) is 6.61 Å². The Morgan fingerprint density at radius 1 is 1.33 bits per heavy atom. The fourth-order valence-corrected chi connectivity index (χ4v) is 2.06. The summed E-state index contributed by atoms with van der Waals surface area (Å²) in [6.07, 6.45) is 0. The molecule has 0 aliphatic carbocycles. The van der Waals surface area contributed by atoms with Crippen LogP contribution in [0.3, 0.4) is 0 Å². The molecule has 1 atom stereocenters.